The Bertz CT molecular complexity index is 389. The second-order valence-electron chi connectivity index (χ2n) is 3.38. The predicted octanol–water partition coefficient (Wildman–Crippen LogP) is -0.164. The molecule has 1 atom stereocenters. The van der Waals surface area contributed by atoms with E-state index in [9.17, 15) is 4.79 Å². The number of hydrogen-bond donors (Lipinski definition) is 2. The smallest absolute Gasteiger partial charge is 0.230 e. The lowest BCUT2D eigenvalue weighted by molar-refractivity contribution is -0.122. The van der Waals surface area contributed by atoms with Gasteiger partial charge in [-0.2, -0.15) is 0 Å². The number of nitrogens with one attached hydrogen (secondary N) is 1. The van der Waals surface area contributed by atoms with E-state index in [4.69, 9.17) is 18.0 Å². The Balaban J connectivity index is 2.52. The number of amides is 1. The second kappa shape index (κ2) is 5.55. The largest absolute Gasteiger partial charge is 0.393 e. The number of nitrogens with two attached hydrogens (primary N) is 1. The predicted molar refractivity (Wildman–Crippen MR) is 63.5 cm³/mol. The maximum Gasteiger partial charge on any atom is 0.230 e. The summed E-state index contributed by atoms with van der Waals surface area (Å²) in [6.45, 7) is 4.75. The molecule has 0 aliphatic rings. The minimum Gasteiger partial charge on any atom is -0.393 e. The maximum atomic E-state index is 11.5. The normalized spacial score (nSPS) is 12.1. The summed E-state index contributed by atoms with van der Waals surface area (Å²) in [6.07, 6.45) is 1.62. The molecule has 6 nitrogen and oxygen atoms in total. The van der Waals surface area contributed by atoms with Crippen molar-refractivity contribution < 1.29 is 4.79 Å². The fourth-order valence-electron chi connectivity index (χ4n) is 1.13. The van der Waals surface area contributed by atoms with Crippen LogP contribution < -0.4 is 11.1 Å². The van der Waals surface area contributed by atoms with Crippen molar-refractivity contribution in [2.24, 2.45) is 11.7 Å². The Hall–Kier alpha value is -1.50. The first kappa shape index (κ1) is 12.6. The van der Waals surface area contributed by atoms with Gasteiger partial charge in [0.15, 0.2) is 5.82 Å². The topological polar surface area (TPSA) is 85.8 Å². The van der Waals surface area contributed by atoms with E-state index < -0.39 is 5.92 Å². The van der Waals surface area contributed by atoms with Crippen LogP contribution in [0.25, 0.3) is 0 Å². The molecule has 0 saturated carbocycles. The van der Waals surface area contributed by atoms with Gasteiger partial charge in [0, 0.05) is 6.54 Å². The van der Waals surface area contributed by atoms with E-state index in [-0.39, 0.29) is 10.9 Å². The third-order valence-electron chi connectivity index (χ3n) is 2.28. The zero-order chi connectivity index (χ0) is 12.1. The summed E-state index contributed by atoms with van der Waals surface area (Å²) < 4.78 is 1.85. The van der Waals surface area contributed by atoms with Crippen LogP contribution in [0.1, 0.15) is 19.7 Å². The molecule has 3 N–H and O–H groups in total. The van der Waals surface area contributed by atoms with E-state index in [1.54, 1.807) is 13.3 Å². The van der Waals surface area contributed by atoms with E-state index >= 15 is 0 Å². The van der Waals surface area contributed by atoms with Crippen LogP contribution in [0.4, 0.5) is 0 Å². The zero-order valence-electron chi connectivity index (χ0n) is 9.30. The third-order valence-corrected chi connectivity index (χ3v) is 2.63. The number of nitrogens with zero attached hydrogens (tertiary/aromatic N) is 3. The van der Waals surface area contributed by atoms with Gasteiger partial charge in [0.25, 0.3) is 0 Å². The molecule has 0 radical (unpaired) electrons. The van der Waals surface area contributed by atoms with Crippen molar-refractivity contribution in [2.75, 3.05) is 0 Å². The van der Waals surface area contributed by atoms with E-state index in [1.165, 1.54) is 0 Å². The van der Waals surface area contributed by atoms with Crippen LogP contribution in [0.2, 0.25) is 0 Å². The van der Waals surface area contributed by atoms with E-state index in [1.807, 2.05) is 11.5 Å². The quantitative estimate of drug-likeness (QED) is 0.699. The standard InChI is InChI=1S/C9H15N5OS/c1-3-14-5-12-13-7(14)4-11-9(15)6(2)8(10)16/h5-6H,3-4H2,1-2H3,(H2,10,16)(H,11,15). The zero-order valence-corrected chi connectivity index (χ0v) is 10.1. The highest BCUT2D eigenvalue weighted by molar-refractivity contribution is 7.80. The molecule has 1 unspecified atom stereocenters. The fraction of sp³-hybridized carbons (Fsp3) is 0.556. The Kier molecular flexibility index (Phi) is 4.36. The lowest BCUT2D eigenvalue weighted by Crippen LogP contribution is -2.36. The van der Waals surface area contributed by atoms with Crippen LogP contribution in [-0.2, 0) is 17.9 Å². The molecule has 0 aromatic carbocycles. The summed E-state index contributed by atoms with van der Waals surface area (Å²) in [5.41, 5.74) is 5.38. The molecule has 1 rings (SSSR count). The van der Waals surface area contributed by atoms with Gasteiger partial charge in [0.2, 0.25) is 5.91 Å². The molecule has 1 amide bonds. The summed E-state index contributed by atoms with van der Waals surface area (Å²) in [5, 5.41) is 10.4. The SMILES string of the molecule is CCn1cnnc1CNC(=O)C(C)C(N)=S. The summed E-state index contributed by atoms with van der Waals surface area (Å²) >= 11 is 4.74. The molecule has 0 aliphatic carbocycles. The highest BCUT2D eigenvalue weighted by Crippen LogP contribution is 1.98. The Morgan fingerprint density at radius 3 is 3.00 bits per heavy atom. The molecule has 1 aromatic rings. The number of carbonyl (C=O) groups excluding carboxylic acids is 1. The van der Waals surface area contributed by atoms with Crippen LogP contribution >= 0.6 is 12.2 Å². The van der Waals surface area contributed by atoms with Gasteiger partial charge in [-0.1, -0.05) is 12.2 Å². The van der Waals surface area contributed by atoms with Gasteiger partial charge in [-0.05, 0) is 13.8 Å². The lowest BCUT2D eigenvalue weighted by Gasteiger charge is -2.10. The monoisotopic (exact) mass is 241 g/mol. The Labute approximate surface area is 99.2 Å². The van der Waals surface area contributed by atoms with Crippen molar-refractivity contribution >= 4 is 23.1 Å². The highest BCUT2D eigenvalue weighted by Gasteiger charge is 2.15. The first-order valence-electron chi connectivity index (χ1n) is 5.00. The molecule has 1 aromatic heterocycles. The minimum absolute atomic E-state index is 0.189. The highest BCUT2D eigenvalue weighted by atomic mass is 32.1. The fourth-order valence-corrected chi connectivity index (χ4v) is 1.24. The van der Waals surface area contributed by atoms with E-state index in [2.05, 4.69) is 15.5 Å². The summed E-state index contributed by atoms with van der Waals surface area (Å²) in [7, 11) is 0. The average Bonchev–Trinajstić information content (AvgIpc) is 2.71. The average molecular weight is 241 g/mol. The number of thiocarbonyl (C=S) groups is 1. The summed E-state index contributed by atoms with van der Waals surface area (Å²) in [4.78, 5) is 11.7. The molecule has 16 heavy (non-hydrogen) atoms. The van der Waals surface area contributed by atoms with Crippen LogP contribution in [-0.4, -0.2) is 25.7 Å². The molecule has 0 spiro atoms. The number of aryl methyl sites for hydroxylation is 1. The van der Waals surface area contributed by atoms with Crippen LogP contribution in [0.5, 0.6) is 0 Å². The maximum absolute atomic E-state index is 11.5. The van der Waals surface area contributed by atoms with Crippen molar-refractivity contribution in [3.8, 4) is 0 Å². The van der Waals surface area contributed by atoms with Gasteiger partial charge in [-0.15, -0.1) is 10.2 Å². The van der Waals surface area contributed by atoms with Crippen LogP contribution in [0, 0.1) is 5.92 Å². The Morgan fingerprint density at radius 2 is 2.44 bits per heavy atom. The van der Waals surface area contributed by atoms with Gasteiger partial charge in [0.05, 0.1) is 17.5 Å². The molecular weight excluding hydrogens is 226 g/mol. The summed E-state index contributed by atoms with van der Waals surface area (Å²) in [5.74, 6) is 0.0529. The number of aromatic nitrogens is 3. The first-order valence-corrected chi connectivity index (χ1v) is 5.40. The van der Waals surface area contributed by atoms with E-state index in [0.29, 0.717) is 12.4 Å². The molecule has 0 bridgehead atoms. The van der Waals surface area contributed by atoms with Crippen molar-refractivity contribution in [1.82, 2.24) is 20.1 Å². The molecule has 1 heterocycles. The van der Waals surface area contributed by atoms with Crippen molar-refractivity contribution in [2.45, 2.75) is 26.9 Å². The van der Waals surface area contributed by atoms with Crippen LogP contribution in [0.15, 0.2) is 6.33 Å². The molecule has 88 valence electrons. The molecular formula is C9H15N5OS. The van der Waals surface area contributed by atoms with E-state index in [0.717, 1.165) is 6.54 Å². The van der Waals surface area contributed by atoms with Crippen LogP contribution in [0.3, 0.4) is 0 Å². The number of carbonyl (C=O) groups is 1. The van der Waals surface area contributed by atoms with Crippen molar-refractivity contribution in [1.29, 1.82) is 0 Å². The van der Waals surface area contributed by atoms with Gasteiger partial charge >= 0.3 is 0 Å². The van der Waals surface area contributed by atoms with Crippen molar-refractivity contribution in [3.05, 3.63) is 12.2 Å². The van der Waals surface area contributed by atoms with Gasteiger partial charge in [0.1, 0.15) is 6.33 Å². The first-order chi connectivity index (χ1) is 7.56. The Morgan fingerprint density at radius 1 is 1.75 bits per heavy atom. The number of rotatable bonds is 5. The lowest BCUT2D eigenvalue weighted by atomic mass is 10.1. The van der Waals surface area contributed by atoms with Crippen molar-refractivity contribution in [3.63, 3.8) is 0 Å². The number of hydrogen-bond acceptors (Lipinski definition) is 4. The molecule has 0 fully saturated rings. The van der Waals surface area contributed by atoms with Gasteiger partial charge < -0.3 is 15.6 Å². The molecule has 0 aliphatic heterocycles. The van der Waals surface area contributed by atoms with Gasteiger partial charge in [-0.25, -0.2) is 0 Å². The summed E-state index contributed by atoms with van der Waals surface area (Å²) in [6, 6.07) is 0. The van der Waals surface area contributed by atoms with Gasteiger partial charge in [-0.3, -0.25) is 4.79 Å². The molecule has 7 heteroatoms. The second-order valence-corrected chi connectivity index (χ2v) is 3.85. The minimum atomic E-state index is -0.465. The molecule has 0 saturated heterocycles. The third kappa shape index (κ3) is 2.99.